The lowest BCUT2D eigenvalue weighted by molar-refractivity contribution is -0.384. The second-order valence-corrected chi connectivity index (χ2v) is 9.71. The first kappa shape index (κ1) is 22.4. The van der Waals surface area contributed by atoms with E-state index in [9.17, 15) is 19.7 Å². The Morgan fingerprint density at radius 1 is 1.06 bits per heavy atom. The van der Waals surface area contributed by atoms with Crippen molar-refractivity contribution >= 4 is 52.2 Å². The van der Waals surface area contributed by atoms with Crippen LogP contribution in [-0.2, 0) is 17.6 Å². The van der Waals surface area contributed by atoms with E-state index in [0.29, 0.717) is 11.4 Å². The second kappa shape index (κ2) is 9.12. The summed E-state index contributed by atoms with van der Waals surface area (Å²) in [7, 11) is 0. The number of hydrogen-bond donors (Lipinski definition) is 1. The van der Waals surface area contributed by atoms with Crippen LogP contribution in [0.1, 0.15) is 38.8 Å². The van der Waals surface area contributed by atoms with Gasteiger partial charge in [-0.1, -0.05) is 29.8 Å². The van der Waals surface area contributed by atoms with E-state index in [4.69, 9.17) is 11.6 Å². The van der Waals surface area contributed by atoms with Gasteiger partial charge >= 0.3 is 0 Å². The summed E-state index contributed by atoms with van der Waals surface area (Å²) >= 11 is 7.40. The van der Waals surface area contributed by atoms with Crippen LogP contribution in [0.5, 0.6) is 0 Å². The van der Waals surface area contributed by atoms with Crippen LogP contribution in [0.15, 0.2) is 60.7 Å². The predicted octanol–water partition coefficient (Wildman–Crippen LogP) is 5.77. The molecule has 9 heteroatoms. The van der Waals surface area contributed by atoms with Gasteiger partial charge in [-0.3, -0.25) is 24.6 Å². The van der Waals surface area contributed by atoms with Crippen LogP contribution in [0.3, 0.4) is 0 Å². The average Bonchev–Trinajstić information content (AvgIpc) is 3.45. The molecule has 0 aromatic heterocycles. The Labute approximate surface area is 205 Å². The largest absolute Gasteiger partial charge is 0.322 e. The number of nitro benzene ring substituents is 1. The molecule has 0 saturated carbocycles. The molecule has 34 heavy (non-hydrogen) atoms. The number of carbonyl (C=O) groups excluding carboxylic acids is 2. The van der Waals surface area contributed by atoms with Gasteiger partial charge in [-0.15, -0.1) is 11.8 Å². The van der Waals surface area contributed by atoms with E-state index >= 15 is 0 Å². The standard InChI is InChI=1S/C25H20ClN3O4S/c26-21-11-7-18(13-22(21)29(32)33)24(31)27-19-8-4-16(5-9-19)25-28(23(30)14-34-25)20-10-6-15-2-1-3-17(15)12-20/h4-13,25H,1-3,14H2,(H,27,31). The fraction of sp³-hybridized carbons (Fsp3) is 0.200. The summed E-state index contributed by atoms with van der Waals surface area (Å²) in [6.07, 6.45) is 3.30. The highest BCUT2D eigenvalue weighted by Crippen LogP contribution is 2.43. The maximum absolute atomic E-state index is 12.7. The molecular weight excluding hydrogens is 474 g/mol. The van der Waals surface area contributed by atoms with Gasteiger partial charge in [-0.05, 0) is 72.4 Å². The minimum absolute atomic E-state index is 0.0255. The van der Waals surface area contributed by atoms with Crippen LogP contribution in [0.25, 0.3) is 0 Å². The zero-order valence-corrected chi connectivity index (χ0v) is 19.6. The van der Waals surface area contributed by atoms with Crippen molar-refractivity contribution < 1.29 is 14.5 Å². The van der Waals surface area contributed by atoms with Gasteiger partial charge in [0.15, 0.2) is 0 Å². The molecule has 2 aliphatic rings. The highest BCUT2D eigenvalue weighted by molar-refractivity contribution is 8.00. The second-order valence-electron chi connectivity index (χ2n) is 8.23. The number of aryl methyl sites for hydroxylation is 2. The number of benzene rings is 3. The monoisotopic (exact) mass is 493 g/mol. The van der Waals surface area contributed by atoms with Gasteiger partial charge in [-0.25, -0.2) is 0 Å². The topological polar surface area (TPSA) is 92.6 Å². The van der Waals surface area contributed by atoms with Crippen molar-refractivity contribution in [3.63, 3.8) is 0 Å². The van der Waals surface area contributed by atoms with Crippen LogP contribution in [0.4, 0.5) is 17.1 Å². The van der Waals surface area contributed by atoms with Crippen molar-refractivity contribution in [1.82, 2.24) is 0 Å². The zero-order chi connectivity index (χ0) is 23.8. The van der Waals surface area contributed by atoms with E-state index < -0.39 is 10.8 Å². The molecule has 0 radical (unpaired) electrons. The Balaban J connectivity index is 1.33. The van der Waals surface area contributed by atoms with E-state index in [1.165, 1.54) is 23.3 Å². The molecule has 3 aromatic rings. The van der Waals surface area contributed by atoms with Gasteiger partial charge in [0.2, 0.25) is 5.91 Å². The number of thioether (sulfide) groups is 1. The highest BCUT2D eigenvalue weighted by Gasteiger charge is 2.34. The number of nitrogens with zero attached hydrogens (tertiary/aromatic N) is 2. The first-order chi connectivity index (χ1) is 16.4. The Morgan fingerprint density at radius 2 is 1.82 bits per heavy atom. The average molecular weight is 494 g/mol. The quantitative estimate of drug-likeness (QED) is 0.360. The summed E-state index contributed by atoms with van der Waals surface area (Å²) in [6.45, 7) is 0. The predicted molar refractivity (Wildman–Crippen MR) is 134 cm³/mol. The van der Waals surface area contributed by atoms with Crippen LogP contribution in [0.2, 0.25) is 5.02 Å². The highest BCUT2D eigenvalue weighted by atomic mass is 35.5. The fourth-order valence-electron chi connectivity index (χ4n) is 4.39. The lowest BCUT2D eigenvalue weighted by Crippen LogP contribution is -2.27. The normalized spacial score (nSPS) is 17.0. The van der Waals surface area contributed by atoms with Gasteiger partial charge in [0.1, 0.15) is 10.4 Å². The van der Waals surface area contributed by atoms with Crippen molar-refractivity contribution in [2.75, 3.05) is 16.0 Å². The molecule has 1 fully saturated rings. The molecule has 1 aliphatic heterocycles. The smallest absolute Gasteiger partial charge is 0.288 e. The maximum atomic E-state index is 12.7. The van der Waals surface area contributed by atoms with Gasteiger partial charge < -0.3 is 5.32 Å². The molecule has 1 unspecified atom stereocenters. The number of halogens is 1. The Kier molecular flexibility index (Phi) is 6.02. The number of nitro groups is 1. The minimum atomic E-state index is -0.624. The number of anilines is 2. The molecule has 1 saturated heterocycles. The molecule has 1 N–H and O–H groups in total. The third-order valence-electron chi connectivity index (χ3n) is 6.09. The number of fused-ring (bicyclic) bond motifs is 1. The number of rotatable bonds is 5. The molecule has 172 valence electrons. The van der Waals surface area contributed by atoms with E-state index in [-0.39, 0.29) is 27.6 Å². The van der Waals surface area contributed by atoms with Crippen molar-refractivity contribution in [3.8, 4) is 0 Å². The van der Waals surface area contributed by atoms with Crippen molar-refractivity contribution in [3.05, 3.63) is 98.1 Å². The Morgan fingerprint density at radius 3 is 2.59 bits per heavy atom. The van der Waals surface area contributed by atoms with Crippen molar-refractivity contribution in [1.29, 1.82) is 0 Å². The lowest BCUT2D eigenvalue weighted by atomic mass is 10.1. The molecule has 7 nitrogen and oxygen atoms in total. The minimum Gasteiger partial charge on any atom is -0.322 e. The molecule has 1 atom stereocenters. The molecule has 0 bridgehead atoms. The Hall–Kier alpha value is -3.36. The first-order valence-electron chi connectivity index (χ1n) is 10.8. The van der Waals surface area contributed by atoms with E-state index in [1.807, 2.05) is 23.1 Å². The van der Waals surface area contributed by atoms with Crippen LogP contribution in [0, 0.1) is 10.1 Å². The van der Waals surface area contributed by atoms with E-state index in [2.05, 4.69) is 17.4 Å². The van der Waals surface area contributed by atoms with Crippen LogP contribution in [-0.4, -0.2) is 22.5 Å². The summed E-state index contributed by atoms with van der Waals surface area (Å²) in [5.41, 5.74) is 4.93. The zero-order valence-electron chi connectivity index (χ0n) is 18.0. The fourth-order valence-corrected chi connectivity index (χ4v) is 5.75. The molecule has 3 aromatic carbocycles. The molecule has 0 spiro atoms. The van der Waals surface area contributed by atoms with Crippen LogP contribution >= 0.6 is 23.4 Å². The number of amides is 2. The summed E-state index contributed by atoms with van der Waals surface area (Å²) in [5, 5.41) is 13.7. The van der Waals surface area contributed by atoms with Gasteiger partial charge in [-0.2, -0.15) is 0 Å². The molecular formula is C25H20ClN3O4S. The molecule has 1 aliphatic carbocycles. The Bertz CT molecular complexity index is 1310. The molecule has 2 amide bonds. The molecule has 5 rings (SSSR count). The third-order valence-corrected chi connectivity index (χ3v) is 7.62. The lowest BCUT2D eigenvalue weighted by Gasteiger charge is -2.25. The first-order valence-corrected chi connectivity index (χ1v) is 12.2. The number of carbonyl (C=O) groups is 2. The maximum Gasteiger partial charge on any atom is 0.288 e. The van der Waals surface area contributed by atoms with Gasteiger partial charge in [0.25, 0.3) is 11.6 Å². The molecule has 1 heterocycles. The van der Waals surface area contributed by atoms with Crippen LogP contribution < -0.4 is 10.2 Å². The van der Waals surface area contributed by atoms with Crippen molar-refractivity contribution in [2.24, 2.45) is 0 Å². The number of hydrogen-bond acceptors (Lipinski definition) is 5. The van der Waals surface area contributed by atoms with Gasteiger partial charge in [0, 0.05) is 23.0 Å². The van der Waals surface area contributed by atoms with E-state index in [1.54, 1.807) is 23.9 Å². The van der Waals surface area contributed by atoms with E-state index in [0.717, 1.165) is 36.6 Å². The third kappa shape index (κ3) is 4.26. The van der Waals surface area contributed by atoms with Gasteiger partial charge in [0.05, 0.1) is 10.7 Å². The summed E-state index contributed by atoms with van der Waals surface area (Å²) in [6, 6.07) is 17.5. The summed E-state index contributed by atoms with van der Waals surface area (Å²) in [4.78, 5) is 37.6. The summed E-state index contributed by atoms with van der Waals surface area (Å²) < 4.78 is 0. The number of nitrogens with one attached hydrogen (secondary N) is 1. The summed E-state index contributed by atoms with van der Waals surface area (Å²) in [5.74, 6) is 0.0163. The SMILES string of the molecule is O=C(Nc1ccc(C2SCC(=O)N2c2ccc3c(c2)CCC3)cc1)c1ccc(Cl)c([N+](=O)[O-])c1. The van der Waals surface area contributed by atoms with Crippen molar-refractivity contribution in [2.45, 2.75) is 24.6 Å².